The minimum absolute atomic E-state index is 0.0919. The van der Waals surface area contributed by atoms with Crippen molar-refractivity contribution in [3.63, 3.8) is 0 Å². The van der Waals surface area contributed by atoms with Crippen LogP contribution in [0, 0.1) is 0 Å². The molecule has 1 rings (SSSR count). The second kappa shape index (κ2) is 4.77. The maximum Gasteiger partial charge on any atom is 0.259 e. The first-order chi connectivity index (χ1) is 7.19. The molecule has 0 aliphatic rings. The summed E-state index contributed by atoms with van der Waals surface area (Å²) in [5.74, 6) is -1.56. The molecule has 0 atom stereocenters. The Labute approximate surface area is 86.4 Å². The van der Waals surface area contributed by atoms with Crippen molar-refractivity contribution in [1.82, 2.24) is 0 Å². The molecule has 0 fully saturated rings. The number of amides is 2. The van der Waals surface area contributed by atoms with Crippen molar-refractivity contribution >= 4 is 23.2 Å². The fourth-order valence-electron chi connectivity index (χ4n) is 0.749. The molecule has 2 amide bonds. The molecule has 0 saturated heterocycles. The van der Waals surface area contributed by atoms with E-state index in [1.54, 1.807) is 0 Å². The van der Waals surface area contributed by atoms with Gasteiger partial charge in [-0.2, -0.15) is 0 Å². The Morgan fingerprint density at radius 1 is 1.20 bits per heavy atom. The molecule has 0 aromatic carbocycles. The summed E-state index contributed by atoms with van der Waals surface area (Å²) in [6.45, 7) is 0. The standard InChI is InChI=1S/C6H2N6O2S/c7-11-9-5(13)3-1-4(15-2-3)6(14)10-12-8/h1-2H. The van der Waals surface area contributed by atoms with Crippen molar-refractivity contribution in [2.75, 3.05) is 0 Å². The molecule has 15 heavy (non-hydrogen) atoms. The summed E-state index contributed by atoms with van der Waals surface area (Å²) >= 11 is 0.933. The van der Waals surface area contributed by atoms with Crippen LogP contribution in [0.1, 0.15) is 20.0 Å². The van der Waals surface area contributed by atoms with E-state index in [0.29, 0.717) is 0 Å². The lowest BCUT2D eigenvalue weighted by Gasteiger charge is -1.84. The summed E-state index contributed by atoms with van der Waals surface area (Å²) < 4.78 is 0. The van der Waals surface area contributed by atoms with E-state index in [1.807, 2.05) is 0 Å². The molecule has 1 aromatic heterocycles. The first kappa shape index (κ1) is 10.7. The molecule has 1 heterocycles. The Balaban J connectivity index is 2.99. The molecule has 0 spiro atoms. The molecule has 0 unspecified atom stereocenters. The summed E-state index contributed by atoms with van der Waals surface area (Å²) in [6.07, 6.45) is 0. The largest absolute Gasteiger partial charge is 0.287 e. The minimum atomic E-state index is -0.784. The summed E-state index contributed by atoms with van der Waals surface area (Å²) in [7, 11) is 0. The molecule has 0 N–H and O–H groups in total. The molecular weight excluding hydrogens is 220 g/mol. The maximum absolute atomic E-state index is 11.0. The first-order valence-electron chi connectivity index (χ1n) is 3.46. The predicted molar refractivity (Wildman–Crippen MR) is 51.3 cm³/mol. The summed E-state index contributed by atoms with van der Waals surface area (Å²) in [6, 6.07) is 1.21. The van der Waals surface area contributed by atoms with Crippen LogP contribution in [0.3, 0.4) is 0 Å². The third-order valence-electron chi connectivity index (χ3n) is 1.33. The van der Waals surface area contributed by atoms with E-state index >= 15 is 0 Å². The van der Waals surface area contributed by atoms with E-state index in [9.17, 15) is 9.59 Å². The zero-order chi connectivity index (χ0) is 11.3. The number of carbonyl (C=O) groups excluding carboxylic acids is 2. The topological polar surface area (TPSA) is 132 Å². The number of hydrogen-bond acceptors (Lipinski definition) is 3. The lowest BCUT2D eigenvalue weighted by atomic mass is 10.3. The fourth-order valence-corrected chi connectivity index (χ4v) is 1.51. The van der Waals surface area contributed by atoms with E-state index in [2.05, 4.69) is 20.1 Å². The molecule has 0 aliphatic heterocycles. The van der Waals surface area contributed by atoms with E-state index in [-0.39, 0.29) is 10.4 Å². The van der Waals surface area contributed by atoms with Gasteiger partial charge in [-0.3, -0.25) is 9.59 Å². The lowest BCUT2D eigenvalue weighted by Crippen LogP contribution is -1.91. The molecule has 0 aliphatic carbocycles. The third kappa shape index (κ3) is 2.55. The van der Waals surface area contributed by atoms with Gasteiger partial charge < -0.3 is 0 Å². The SMILES string of the molecule is [N-]=[N+]=NC(=O)c1csc(C(=O)N=[N+]=[N-])c1. The van der Waals surface area contributed by atoms with Gasteiger partial charge in [0.1, 0.15) is 0 Å². The molecule has 74 valence electrons. The van der Waals surface area contributed by atoms with Crippen LogP contribution in [-0.4, -0.2) is 11.8 Å². The van der Waals surface area contributed by atoms with E-state index in [0.717, 1.165) is 11.3 Å². The Hall–Kier alpha value is -2.34. The molecule has 1 aromatic rings. The van der Waals surface area contributed by atoms with Gasteiger partial charge in [-0.15, -0.1) is 11.3 Å². The van der Waals surface area contributed by atoms with Crippen LogP contribution >= 0.6 is 11.3 Å². The van der Waals surface area contributed by atoms with Gasteiger partial charge in [0, 0.05) is 20.8 Å². The number of thiophene rings is 1. The van der Waals surface area contributed by atoms with Gasteiger partial charge in [0.15, 0.2) is 0 Å². The minimum Gasteiger partial charge on any atom is -0.287 e. The van der Waals surface area contributed by atoms with E-state index in [4.69, 9.17) is 11.1 Å². The maximum atomic E-state index is 11.0. The van der Waals surface area contributed by atoms with Crippen molar-refractivity contribution < 1.29 is 9.59 Å². The van der Waals surface area contributed by atoms with Crippen molar-refractivity contribution in [2.24, 2.45) is 10.2 Å². The summed E-state index contributed by atoms with van der Waals surface area (Å²) in [4.78, 5) is 26.8. The molecule has 9 heteroatoms. The smallest absolute Gasteiger partial charge is 0.259 e. The zero-order valence-electron chi connectivity index (χ0n) is 7.06. The van der Waals surface area contributed by atoms with Gasteiger partial charge in [-0.1, -0.05) is 0 Å². The Kier molecular flexibility index (Phi) is 3.42. The number of carbonyl (C=O) groups is 2. The Bertz CT molecular complexity index is 463. The highest BCUT2D eigenvalue weighted by molar-refractivity contribution is 7.12. The fraction of sp³-hybridized carbons (Fsp3) is 0. The van der Waals surface area contributed by atoms with Crippen LogP contribution in [0.25, 0.3) is 20.9 Å². The Morgan fingerprint density at radius 2 is 1.80 bits per heavy atom. The average Bonchev–Trinajstić information content (AvgIpc) is 2.67. The first-order valence-corrected chi connectivity index (χ1v) is 4.34. The van der Waals surface area contributed by atoms with Gasteiger partial charge in [0.05, 0.1) is 4.88 Å². The second-order valence-corrected chi connectivity index (χ2v) is 3.10. The quantitative estimate of drug-likeness (QED) is 0.432. The highest BCUT2D eigenvalue weighted by Gasteiger charge is 2.10. The lowest BCUT2D eigenvalue weighted by molar-refractivity contribution is 0.0999. The van der Waals surface area contributed by atoms with Gasteiger partial charge in [-0.05, 0) is 27.4 Å². The van der Waals surface area contributed by atoms with Crippen molar-refractivity contribution in [1.29, 1.82) is 0 Å². The highest BCUT2D eigenvalue weighted by Crippen LogP contribution is 2.16. The van der Waals surface area contributed by atoms with Crippen molar-refractivity contribution in [3.05, 3.63) is 42.8 Å². The van der Waals surface area contributed by atoms with Crippen LogP contribution < -0.4 is 0 Å². The number of rotatable bonds is 2. The highest BCUT2D eigenvalue weighted by atomic mass is 32.1. The van der Waals surface area contributed by atoms with Crippen LogP contribution in [0.15, 0.2) is 21.7 Å². The summed E-state index contributed by atoms with van der Waals surface area (Å²) in [5.41, 5.74) is 16.1. The summed E-state index contributed by atoms with van der Waals surface area (Å²) in [5, 5.41) is 7.04. The zero-order valence-corrected chi connectivity index (χ0v) is 7.88. The molecule has 0 saturated carbocycles. The van der Waals surface area contributed by atoms with Crippen LogP contribution in [0.5, 0.6) is 0 Å². The van der Waals surface area contributed by atoms with Crippen molar-refractivity contribution in [2.45, 2.75) is 0 Å². The van der Waals surface area contributed by atoms with Crippen LogP contribution in [0.2, 0.25) is 0 Å². The van der Waals surface area contributed by atoms with Gasteiger partial charge in [0.2, 0.25) is 5.91 Å². The van der Waals surface area contributed by atoms with E-state index in [1.165, 1.54) is 11.4 Å². The van der Waals surface area contributed by atoms with Crippen LogP contribution in [0.4, 0.5) is 0 Å². The third-order valence-corrected chi connectivity index (χ3v) is 2.25. The van der Waals surface area contributed by atoms with Crippen molar-refractivity contribution in [3.8, 4) is 0 Å². The normalized spacial score (nSPS) is 8.53. The van der Waals surface area contributed by atoms with E-state index < -0.39 is 11.8 Å². The number of nitrogens with zero attached hydrogens (tertiary/aromatic N) is 6. The molecule has 0 bridgehead atoms. The molecular formula is C6H2N6O2S. The number of azide groups is 2. The average molecular weight is 222 g/mol. The molecule has 0 radical (unpaired) electrons. The van der Waals surface area contributed by atoms with Gasteiger partial charge in [-0.25, -0.2) is 0 Å². The van der Waals surface area contributed by atoms with Crippen LogP contribution in [-0.2, 0) is 0 Å². The molecule has 8 nitrogen and oxygen atoms in total. The van der Waals surface area contributed by atoms with Gasteiger partial charge in [0.25, 0.3) is 5.91 Å². The predicted octanol–water partition coefficient (Wildman–Crippen LogP) is 2.65. The van der Waals surface area contributed by atoms with Gasteiger partial charge >= 0.3 is 0 Å². The monoisotopic (exact) mass is 222 g/mol. The second-order valence-electron chi connectivity index (χ2n) is 2.19. The Morgan fingerprint density at radius 3 is 2.40 bits per heavy atom. The number of hydrogen-bond donors (Lipinski definition) is 0.